The maximum atomic E-state index is 12.6. The predicted molar refractivity (Wildman–Crippen MR) is 87.2 cm³/mol. The highest BCUT2D eigenvalue weighted by atomic mass is 28.4. The van der Waals surface area contributed by atoms with Gasteiger partial charge in [-0.1, -0.05) is 51.1 Å². The minimum atomic E-state index is -2.08. The Bertz CT molecular complexity index is 468. The highest BCUT2D eigenvalue weighted by molar-refractivity contribution is 6.74. The van der Waals surface area contributed by atoms with Crippen molar-refractivity contribution < 1.29 is 14.1 Å². The van der Waals surface area contributed by atoms with E-state index in [1.165, 1.54) is 12.2 Å². The fourth-order valence-corrected chi connectivity index (χ4v) is 2.80. The van der Waals surface area contributed by atoms with E-state index in [1.807, 2.05) is 30.3 Å². The summed E-state index contributed by atoms with van der Waals surface area (Å²) in [5.74, 6) is -0.187. The third kappa shape index (κ3) is 4.39. The molecule has 5 heteroatoms. The van der Waals surface area contributed by atoms with Crippen molar-refractivity contribution in [2.75, 3.05) is 14.2 Å². The third-order valence-corrected chi connectivity index (χ3v) is 8.57. The van der Waals surface area contributed by atoms with Crippen LogP contribution in [0.2, 0.25) is 18.1 Å². The van der Waals surface area contributed by atoms with E-state index in [0.717, 1.165) is 5.56 Å². The molecule has 1 amide bonds. The quantitative estimate of drug-likeness (QED) is 0.614. The van der Waals surface area contributed by atoms with E-state index in [-0.39, 0.29) is 10.9 Å². The second-order valence-electron chi connectivity index (χ2n) is 6.69. The predicted octanol–water partition coefficient (Wildman–Crippen LogP) is 3.77. The summed E-state index contributed by atoms with van der Waals surface area (Å²) in [6, 6.07) is 9.59. The number of carbonyl (C=O) groups excluding carboxylic acids is 1. The summed E-state index contributed by atoms with van der Waals surface area (Å²) >= 11 is 0. The minimum Gasteiger partial charge on any atom is -0.401 e. The van der Waals surface area contributed by atoms with E-state index in [2.05, 4.69) is 33.9 Å². The summed E-state index contributed by atoms with van der Waals surface area (Å²) in [7, 11) is 1.01. The molecule has 1 atom stereocenters. The van der Waals surface area contributed by atoms with Crippen LogP contribution in [-0.4, -0.2) is 33.4 Å². The molecule has 0 fully saturated rings. The van der Waals surface area contributed by atoms with Gasteiger partial charge in [-0.2, -0.15) is 0 Å². The molecule has 0 unspecified atom stereocenters. The Morgan fingerprint density at radius 1 is 1.19 bits per heavy atom. The van der Waals surface area contributed by atoms with Gasteiger partial charge in [-0.15, -0.1) is 0 Å². The highest BCUT2D eigenvalue weighted by Gasteiger charge is 2.41. The van der Waals surface area contributed by atoms with Crippen molar-refractivity contribution >= 4 is 14.2 Å². The molecule has 0 radical (unpaired) electrons. The maximum Gasteiger partial charge on any atom is 0.278 e. The fraction of sp³-hybridized carbons (Fsp3) is 0.562. The smallest absolute Gasteiger partial charge is 0.278 e. The zero-order valence-corrected chi connectivity index (χ0v) is 15.1. The molecule has 0 aliphatic carbocycles. The minimum absolute atomic E-state index is 0.0337. The second-order valence-corrected chi connectivity index (χ2v) is 11.4. The standard InChI is InChI=1S/C16H27NO3Si/c1-16(2,3)21(6,7)20-14(15(18)17(4)19-5)13-11-9-8-10-12-13/h8-12,14H,1-7H3/t14-/m1/s1. The van der Waals surface area contributed by atoms with Gasteiger partial charge >= 0.3 is 0 Å². The molecule has 1 aromatic carbocycles. The van der Waals surface area contributed by atoms with Gasteiger partial charge in [-0.05, 0) is 23.7 Å². The van der Waals surface area contributed by atoms with Gasteiger partial charge in [0.2, 0.25) is 0 Å². The Morgan fingerprint density at radius 3 is 2.14 bits per heavy atom. The average molecular weight is 309 g/mol. The number of hydrogen-bond acceptors (Lipinski definition) is 3. The normalized spacial score (nSPS) is 13.9. The first-order chi connectivity index (χ1) is 9.60. The summed E-state index contributed by atoms with van der Waals surface area (Å²) in [6.07, 6.45) is -0.628. The van der Waals surface area contributed by atoms with Crippen LogP contribution in [0.15, 0.2) is 30.3 Å². The first kappa shape index (κ1) is 17.9. The molecule has 0 N–H and O–H groups in total. The van der Waals surface area contributed by atoms with Crippen molar-refractivity contribution in [3.63, 3.8) is 0 Å². The number of nitrogens with zero attached hydrogens (tertiary/aromatic N) is 1. The highest BCUT2D eigenvalue weighted by Crippen LogP contribution is 2.40. The van der Waals surface area contributed by atoms with Crippen molar-refractivity contribution in [1.29, 1.82) is 0 Å². The van der Waals surface area contributed by atoms with Crippen molar-refractivity contribution in [2.24, 2.45) is 0 Å². The van der Waals surface area contributed by atoms with Crippen LogP contribution in [0.4, 0.5) is 0 Å². The van der Waals surface area contributed by atoms with Crippen molar-refractivity contribution in [3.05, 3.63) is 35.9 Å². The first-order valence-electron chi connectivity index (χ1n) is 7.14. The van der Waals surface area contributed by atoms with Crippen molar-refractivity contribution in [2.45, 2.75) is 45.0 Å². The SMILES string of the molecule is CON(C)C(=O)[C@H](O[Si](C)(C)C(C)(C)C)c1ccccc1. The van der Waals surface area contributed by atoms with E-state index in [9.17, 15) is 4.79 Å². The average Bonchev–Trinajstić information content (AvgIpc) is 2.43. The monoisotopic (exact) mass is 309 g/mol. The largest absolute Gasteiger partial charge is 0.401 e. The number of hydrogen-bond donors (Lipinski definition) is 0. The lowest BCUT2D eigenvalue weighted by molar-refractivity contribution is -0.177. The second kappa shape index (κ2) is 6.73. The topological polar surface area (TPSA) is 38.8 Å². The van der Waals surface area contributed by atoms with E-state index in [0.29, 0.717) is 0 Å². The van der Waals surface area contributed by atoms with Crippen LogP contribution >= 0.6 is 0 Å². The Morgan fingerprint density at radius 2 is 1.71 bits per heavy atom. The van der Waals surface area contributed by atoms with Crippen molar-refractivity contribution in [1.82, 2.24) is 5.06 Å². The van der Waals surface area contributed by atoms with Gasteiger partial charge in [0.25, 0.3) is 5.91 Å². The molecular formula is C16H27NO3Si. The van der Waals surface area contributed by atoms with Gasteiger partial charge in [0.1, 0.15) is 0 Å². The van der Waals surface area contributed by atoms with Crippen LogP contribution in [-0.2, 0) is 14.1 Å². The van der Waals surface area contributed by atoms with Crippen LogP contribution < -0.4 is 0 Å². The molecule has 1 rings (SSSR count). The van der Waals surface area contributed by atoms with Crippen LogP contribution in [0.5, 0.6) is 0 Å². The first-order valence-corrected chi connectivity index (χ1v) is 10.1. The van der Waals surface area contributed by atoms with Gasteiger partial charge in [-0.25, -0.2) is 5.06 Å². The number of amides is 1. The van der Waals surface area contributed by atoms with Crippen LogP contribution in [0, 0.1) is 0 Å². The zero-order chi connectivity index (χ0) is 16.3. The van der Waals surface area contributed by atoms with Gasteiger partial charge in [-0.3, -0.25) is 9.63 Å². The van der Waals surface area contributed by atoms with Crippen molar-refractivity contribution in [3.8, 4) is 0 Å². The number of rotatable bonds is 5. The molecule has 4 nitrogen and oxygen atoms in total. The summed E-state index contributed by atoms with van der Waals surface area (Å²) in [5.41, 5.74) is 0.858. The number of benzene rings is 1. The maximum absolute atomic E-state index is 12.6. The molecular weight excluding hydrogens is 282 g/mol. The summed E-state index contributed by atoms with van der Waals surface area (Å²) in [4.78, 5) is 17.6. The molecule has 0 aromatic heterocycles. The lowest BCUT2D eigenvalue weighted by atomic mass is 10.1. The molecule has 0 spiro atoms. The van der Waals surface area contributed by atoms with E-state index < -0.39 is 14.4 Å². The summed E-state index contributed by atoms with van der Waals surface area (Å²) in [5, 5.41) is 1.26. The molecule has 0 saturated carbocycles. The van der Waals surface area contributed by atoms with Gasteiger partial charge in [0, 0.05) is 7.05 Å². The van der Waals surface area contributed by atoms with E-state index in [1.54, 1.807) is 7.05 Å². The van der Waals surface area contributed by atoms with E-state index in [4.69, 9.17) is 9.26 Å². The summed E-state index contributed by atoms with van der Waals surface area (Å²) in [6.45, 7) is 10.8. The van der Waals surface area contributed by atoms with Crippen LogP contribution in [0.25, 0.3) is 0 Å². The third-order valence-electron chi connectivity index (χ3n) is 4.13. The molecule has 21 heavy (non-hydrogen) atoms. The molecule has 0 aliphatic rings. The molecule has 118 valence electrons. The zero-order valence-electron chi connectivity index (χ0n) is 14.1. The number of likely N-dealkylation sites (N-methyl/N-ethyl adjacent to an activating group) is 1. The number of hydroxylamine groups is 2. The molecule has 1 aromatic rings. The summed E-state index contributed by atoms with van der Waals surface area (Å²) < 4.78 is 6.34. The van der Waals surface area contributed by atoms with Crippen LogP contribution in [0.1, 0.15) is 32.4 Å². The molecule has 0 saturated heterocycles. The molecule has 0 bridgehead atoms. The van der Waals surface area contributed by atoms with Gasteiger partial charge in [0.05, 0.1) is 7.11 Å². The van der Waals surface area contributed by atoms with Gasteiger partial charge < -0.3 is 4.43 Å². The Kier molecular flexibility index (Phi) is 5.73. The Balaban J connectivity index is 3.13. The lowest BCUT2D eigenvalue weighted by Crippen LogP contribution is -2.45. The van der Waals surface area contributed by atoms with Gasteiger partial charge in [0.15, 0.2) is 14.4 Å². The Labute approximate surface area is 129 Å². The molecule has 0 heterocycles. The fourth-order valence-electron chi connectivity index (χ4n) is 1.62. The molecule has 0 aliphatic heterocycles. The lowest BCUT2D eigenvalue weighted by Gasteiger charge is -2.39. The number of carbonyl (C=O) groups is 1. The Hall–Kier alpha value is -1.17. The van der Waals surface area contributed by atoms with Crippen LogP contribution in [0.3, 0.4) is 0 Å². The van der Waals surface area contributed by atoms with E-state index >= 15 is 0 Å².